The number of amides is 2. The fraction of sp³-hybridized carbons (Fsp3) is 0.455. The average molecular weight is 393 g/mol. The molecule has 7 heteroatoms. The first kappa shape index (κ1) is 19.5. The average Bonchev–Trinajstić information content (AvgIpc) is 3.37. The monoisotopic (exact) mass is 393 g/mol. The second kappa shape index (κ2) is 8.69. The van der Waals surface area contributed by atoms with Gasteiger partial charge in [-0.2, -0.15) is 0 Å². The maximum atomic E-state index is 12.8. The van der Waals surface area contributed by atoms with Gasteiger partial charge < -0.3 is 10.2 Å². The molecule has 1 aromatic heterocycles. The lowest BCUT2D eigenvalue weighted by molar-refractivity contribution is -0.131. The molecule has 0 spiro atoms. The fourth-order valence-corrected chi connectivity index (χ4v) is 4.36. The summed E-state index contributed by atoms with van der Waals surface area (Å²) in [5.41, 5.74) is 1.46. The molecular weight excluding hydrogens is 366 g/mol. The summed E-state index contributed by atoms with van der Waals surface area (Å²) in [6.07, 6.45) is 6.41. The van der Waals surface area contributed by atoms with E-state index in [2.05, 4.69) is 20.2 Å². The van der Waals surface area contributed by atoms with E-state index >= 15 is 0 Å². The number of rotatable bonds is 5. The number of hydrogen-bond acceptors (Lipinski definition) is 5. The lowest BCUT2D eigenvalue weighted by Gasteiger charge is -2.25. The molecule has 1 aromatic carbocycles. The number of hydrogen-bond donors (Lipinski definition) is 1. The van der Waals surface area contributed by atoms with Gasteiger partial charge in [0.2, 0.25) is 5.91 Å². The molecule has 2 saturated heterocycles. The second-order valence-corrected chi connectivity index (χ2v) is 7.77. The molecule has 0 aliphatic carbocycles. The van der Waals surface area contributed by atoms with Crippen LogP contribution < -0.4 is 5.32 Å². The molecule has 0 unspecified atom stereocenters. The molecule has 29 heavy (non-hydrogen) atoms. The summed E-state index contributed by atoms with van der Waals surface area (Å²) in [4.78, 5) is 38.0. The first-order valence-electron chi connectivity index (χ1n) is 10.2. The van der Waals surface area contributed by atoms with Crippen molar-refractivity contribution in [3.05, 3.63) is 42.1 Å². The third-order valence-electron chi connectivity index (χ3n) is 5.80. The molecular formula is C22H27N5O2. The highest BCUT2D eigenvalue weighted by Gasteiger charge is 2.31. The molecule has 2 atom stereocenters. The number of carbonyl (C=O) groups is 2. The number of likely N-dealkylation sites (tertiary alicyclic amines) is 2. The van der Waals surface area contributed by atoms with Crippen molar-refractivity contribution in [2.45, 2.75) is 31.3 Å². The summed E-state index contributed by atoms with van der Waals surface area (Å²) in [5, 5.41) is 3.99. The summed E-state index contributed by atoms with van der Waals surface area (Å²) in [5.74, 6) is 0.0695. The molecule has 3 heterocycles. The van der Waals surface area contributed by atoms with Crippen LogP contribution in [0.4, 0.5) is 0 Å². The van der Waals surface area contributed by atoms with Crippen LogP contribution in [0.5, 0.6) is 0 Å². The Balaban J connectivity index is 1.34. The molecule has 2 fully saturated rings. The maximum absolute atomic E-state index is 12.8. The molecule has 2 amide bonds. The van der Waals surface area contributed by atoms with E-state index < -0.39 is 0 Å². The zero-order valence-corrected chi connectivity index (χ0v) is 16.8. The molecule has 0 bridgehead atoms. The topological polar surface area (TPSA) is 77.9 Å². The Morgan fingerprint density at radius 2 is 2.10 bits per heavy atom. The minimum atomic E-state index is -0.0828. The number of pyridine rings is 1. The molecule has 7 nitrogen and oxygen atoms in total. The van der Waals surface area contributed by atoms with Gasteiger partial charge in [-0.05, 0) is 31.4 Å². The third-order valence-corrected chi connectivity index (χ3v) is 5.80. The number of fused-ring (bicyclic) bond motifs is 1. The molecule has 2 aliphatic heterocycles. The molecule has 1 N–H and O–H groups in total. The van der Waals surface area contributed by atoms with Gasteiger partial charge >= 0.3 is 0 Å². The van der Waals surface area contributed by atoms with E-state index in [0.29, 0.717) is 18.7 Å². The van der Waals surface area contributed by atoms with Gasteiger partial charge in [0.05, 0.1) is 23.7 Å². The van der Waals surface area contributed by atoms with Crippen LogP contribution in [0.2, 0.25) is 0 Å². The van der Waals surface area contributed by atoms with Crippen LogP contribution >= 0.6 is 0 Å². The van der Waals surface area contributed by atoms with Crippen molar-refractivity contribution < 1.29 is 9.59 Å². The smallest absolute Gasteiger partial charge is 0.252 e. The quantitative estimate of drug-likeness (QED) is 0.785. The maximum Gasteiger partial charge on any atom is 0.252 e. The van der Waals surface area contributed by atoms with E-state index in [0.717, 1.165) is 43.3 Å². The van der Waals surface area contributed by atoms with Gasteiger partial charge in [-0.15, -0.1) is 0 Å². The zero-order valence-electron chi connectivity index (χ0n) is 16.8. The highest BCUT2D eigenvalue weighted by atomic mass is 16.2. The minimum Gasteiger partial charge on any atom is -0.348 e. The lowest BCUT2D eigenvalue weighted by atomic mass is 10.1. The van der Waals surface area contributed by atoms with Crippen LogP contribution in [0.15, 0.2) is 41.5 Å². The van der Waals surface area contributed by atoms with Crippen molar-refractivity contribution in [3.8, 4) is 0 Å². The zero-order chi connectivity index (χ0) is 20.2. The van der Waals surface area contributed by atoms with Crippen LogP contribution in [-0.4, -0.2) is 78.1 Å². The molecule has 4 rings (SSSR count). The Bertz CT molecular complexity index is 923. The molecule has 0 radical (unpaired) electrons. The van der Waals surface area contributed by atoms with E-state index in [4.69, 9.17) is 0 Å². The number of benzene rings is 1. The largest absolute Gasteiger partial charge is 0.348 e. The Hall–Kier alpha value is -2.80. The van der Waals surface area contributed by atoms with E-state index in [1.807, 2.05) is 35.4 Å². The molecule has 2 aromatic rings. The summed E-state index contributed by atoms with van der Waals surface area (Å²) in [6, 6.07) is 9.60. The summed E-state index contributed by atoms with van der Waals surface area (Å²) in [7, 11) is 1.75. The number of nitrogens with one attached hydrogen (secondary N) is 1. The van der Waals surface area contributed by atoms with E-state index in [-0.39, 0.29) is 23.9 Å². The SMILES string of the molecule is CN=C[C@@H]1CCCN1C(=O)CN1CC[C@H](NC(=O)c2ccnc3ccccc23)C1. The van der Waals surface area contributed by atoms with Crippen molar-refractivity contribution in [2.75, 3.05) is 33.2 Å². The van der Waals surface area contributed by atoms with Crippen molar-refractivity contribution in [1.29, 1.82) is 0 Å². The van der Waals surface area contributed by atoms with Crippen molar-refractivity contribution >= 4 is 28.9 Å². The van der Waals surface area contributed by atoms with E-state index in [1.165, 1.54) is 0 Å². The van der Waals surface area contributed by atoms with Gasteiger partial charge in [-0.3, -0.25) is 24.5 Å². The standard InChI is InChI=1S/C22H27N5O2/c1-23-13-17-5-4-11-27(17)21(28)15-26-12-9-16(14-26)25-22(29)19-8-10-24-20-7-3-2-6-18(19)20/h2-3,6-8,10,13,16-17H,4-5,9,11-12,14-15H2,1H3,(H,25,29)/t16-,17-/m0/s1. The summed E-state index contributed by atoms with van der Waals surface area (Å²) >= 11 is 0. The number of aromatic nitrogens is 1. The summed E-state index contributed by atoms with van der Waals surface area (Å²) in [6.45, 7) is 2.71. The van der Waals surface area contributed by atoms with Gasteiger partial charge in [0.25, 0.3) is 5.91 Å². The first-order valence-corrected chi connectivity index (χ1v) is 10.2. The first-order chi connectivity index (χ1) is 14.2. The van der Waals surface area contributed by atoms with Crippen LogP contribution in [0, 0.1) is 0 Å². The fourth-order valence-electron chi connectivity index (χ4n) is 4.36. The van der Waals surface area contributed by atoms with E-state index in [9.17, 15) is 9.59 Å². The number of nitrogens with zero attached hydrogens (tertiary/aromatic N) is 4. The molecule has 0 saturated carbocycles. The number of aliphatic imine (C=N–C) groups is 1. The Kier molecular flexibility index (Phi) is 5.85. The van der Waals surface area contributed by atoms with E-state index in [1.54, 1.807) is 19.3 Å². The Morgan fingerprint density at radius 3 is 2.97 bits per heavy atom. The summed E-state index contributed by atoms with van der Waals surface area (Å²) < 4.78 is 0. The minimum absolute atomic E-state index is 0.0498. The highest BCUT2D eigenvalue weighted by molar-refractivity contribution is 6.06. The van der Waals surface area contributed by atoms with Crippen molar-refractivity contribution in [1.82, 2.24) is 20.1 Å². The number of para-hydroxylation sites is 1. The third kappa shape index (κ3) is 4.29. The molecule has 2 aliphatic rings. The normalized spacial score (nSPS) is 22.6. The predicted molar refractivity (Wildman–Crippen MR) is 113 cm³/mol. The van der Waals surface area contributed by atoms with Crippen LogP contribution in [0.3, 0.4) is 0 Å². The van der Waals surface area contributed by atoms with Crippen molar-refractivity contribution in [3.63, 3.8) is 0 Å². The second-order valence-electron chi connectivity index (χ2n) is 7.77. The van der Waals surface area contributed by atoms with Crippen LogP contribution in [0.25, 0.3) is 10.9 Å². The van der Waals surface area contributed by atoms with Crippen molar-refractivity contribution in [2.24, 2.45) is 4.99 Å². The Labute approximate surface area is 170 Å². The lowest BCUT2D eigenvalue weighted by Crippen LogP contribution is -2.44. The molecule has 152 valence electrons. The van der Waals surface area contributed by atoms with Crippen LogP contribution in [0.1, 0.15) is 29.6 Å². The van der Waals surface area contributed by atoms with Gasteiger partial charge in [0.1, 0.15) is 0 Å². The van der Waals surface area contributed by atoms with Gasteiger partial charge in [-0.1, -0.05) is 18.2 Å². The predicted octanol–water partition coefficient (Wildman–Crippen LogP) is 1.73. The highest BCUT2D eigenvalue weighted by Crippen LogP contribution is 2.19. The Morgan fingerprint density at radius 1 is 1.24 bits per heavy atom. The van der Waals surface area contributed by atoms with Gasteiger partial charge in [0.15, 0.2) is 0 Å². The van der Waals surface area contributed by atoms with Crippen LogP contribution in [-0.2, 0) is 4.79 Å². The van der Waals surface area contributed by atoms with Gasteiger partial charge in [-0.25, -0.2) is 0 Å². The number of carbonyl (C=O) groups excluding carboxylic acids is 2. The van der Waals surface area contributed by atoms with Gasteiger partial charge in [0, 0.05) is 50.5 Å².